The third-order valence-electron chi connectivity index (χ3n) is 10.1. The van der Waals surface area contributed by atoms with Gasteiger partial charge in [-0.15, -0.1) is 0 Å². The fraction of sp³-hybridized carbons (Fsp3) is 0.342. The van der Waals surface area contributed by atoms with Crippen LogP contribution in [-0.4, -0.2) is 99.9 Å². The largest absolute Gasteiger partial charge is 0.433 e. The van der Waals surface area contributed by atoms with E-state index in [1.54, 1.807) is 73.2 Å². The fourth-order valence-corrected chi connectivity index (χ4v) is 6.81. The van der Waals surface area contributed by atoms with Gasteiger partial charge in [-0.1, -0.05) is 12.1 Å². The minimum atomic E-state index is -2.95. The van der Waals surface area contributed by atoms with Gasteiger partial charge in [0.25, 0.3) is 0 Å². The first kappa shape index (κ1) is 38.3. The van der Waals surface area contributed by atoms with Gasteiger partial charge in [0, 0.05) is 78.3 Å². The average Bonchev–Trinajstić information content (AvgIpc) is 3.69. The molecule has 18 heteroatoms. The Bertz CT molecular complexity index is 2340. The van der Waals surface area contributed by atoms with Gasteiger partial charge in [0.2, 0.25) is 5.91 Å². The lowest BCUT2D eigenvalue weighted by molar-refractivity contribution is -0.120. The van der Waals surface area contributed by atoms with Gasteiger partial charge in [-0.25, -0.2) is 19.9 Å². The van der Waals surface area contributed by atoms with Crippen LogP contribution in [0.5, 0.6) is 11.5 Å². The maximum atomic E-state index is 13.1. The van der Waals surface area contributed by atoms with Gasteiger partial charge < -0.3 is 39.5 Å². The molecule has 6 heterocycles. The zero-order chi connectivity index (χ0) is 39.7. The second-order valence-electron chi connectivity index (χ2n) is 13.8. The number of nitrogens with one attached hydrogen (secondary N) is 1. The number of aromatic nitrogens is 6. The van der Waals surface area contributed by atoms with Crippen LogP contribution in [0.15, 0.2) is 73.6 Å². The minimum Gasteiger partial charge on any atom is -0.433 e. The first-order valence-electron chi connectivity index (χ1n) is 17.7. The second kappa shape index (κ2) is 16.0. The number of hydrogen-bond donors (Lipinski definition) is 2. The van der Waals surface area contributed by atoms with Crippen molar-refractivity contribution in [3.63, 3.8) is 0 Å². The van der Waals surface area contributed by atoms with Crippen molar-refractivity contribution in [2.45, 2.75) is 25.1 Å². The monoisotopic (exact) mass is 775 g/mol. The SMILES string of the molecule is CN(c1cc2c(cn1)ncn2C)c1ccc(C2CN(CC(N)=O)C2)cc1OC(F)F.CN(c1cc2c(cn1)ncn2C)c1ccc(C2CNC2)cc1OC(F)F. The number of carbonyl (C=O) groups excluding carboxylic acids is 1. The molecule has 0 radical (unpaired) electrons. The highest BCUT2D eigenvalue weighted by Gasteiger charge is 2.30. The summed E-state index contributed by atoms with van der Waals surface area (Å²) >= 11 is 0. The zero-order valence-corrected chi connectivity index (χ0v) is 31.1. The smallest absolute Gasteiger partial charge is 0.387 e. The molecule has 1 amide bonds. The van der Waals surface area contributed by atoms with Crippen LogP contribution < -0.4 is 30.3 Å². The Morgan fingerprint density at radius 1 is 0.768 bits per heavy atom. The molecule has 0 unspecified atom stereocenters. The van der Waals surface area contributed by atoms with Crippen molar-refractivity contribution in [2.75, 3.05) is 56.6 Å². The molecule has 2 aliphatic heterocycles. The number of alkyl halides is 4. The summed E-state index contributed by atoms with van der Waals surface area (Å²) < 4.78 is 65.4. The first-order chi connectivity index (χ1) is 26.8. The number of rotatable bonds is 12. The van der Waals surface area contributed by atoms with Crippen LogP contribution in [-0.2, 0) is 18.9 Å². The van der Waals surface area contributed by atoms with E-state index in [0.29, 0.717) is 42.0 Å². The highest BCUT2D eigenvalue weighted by molar-refractivity contribution is 5.81. The summed E-state index contributed by atoms with van der Waals surface area (Å²) in [6, 6.07) is 14.4. The molecule has 8 rings (SSSR count). The van der Waals surface area contributed by atoms with Crippen molar-refractivity contribution >= 4 is 51.0 Å². The van der Waals surface area contributed by atoms with Gasteiger partial charge in [0.05, 0.1) is 54.0 Å². The van der Waals surface area contributed by atoms with Crippen molar-refractivity contribution in [3.05, 3.63) is 84.7 Å². The maximum Gasteiger partial charge on any atom is 0.387 e. The summed E-state index contributed by atoms with van der Waals surface area (Å²) in [6.07, 6.45) is 6.72. The summed E-state index contributed by atoms with van der Waals surface area (Å²) in [5.74, 6) is 1.51. The number of amides is 1. The first-order valence-corrected chi connectivity index (χ1v) is 17.7. The van der Waals surface area contributed by atoms with E-state index in [-0.39, 0.29) is 29.9 Å². The molecule has 0 atom stereocenters. The Kier molecular flexibility index (Phi) is 10.9. The van der Waals surface area contributed by atoms with E-state index in [2.05, 4.69) is 25.3 Å². The van der Waals surface area contributed by atoms with Gasteiger partial charge in [-0.05, 0) is 35.4 Å². The molecular weight excluding hydrogens is 734 g/mol. The Hall–Kier alpha value is -6.01. The molecule has 0 aliphatic carbocycles. The molecule has 2 fully saturated rings. The molecular formula is C38H41F4N11O3. The van der Waals surface area contributed by atoms with Crippen LogP contribution in [0.2, 0.25) is 0 Å². The highest BCUT2D eigenvalue weighted by Crippen LogP contribution is 2.39. The average molecular weight is 776 g/mol. The predicted molar refractivity (Wildman–Crippen MR) is 203 cm³/mol. The number of fused-ring (bicyclic) bond motifs is 2. The number of anilines is 4. The number of halogens is 4. The third kappa shape index (κ3) is 8.16. The van der Waals surface area contributed by atoms with Crippen molar-refractivity contribution in [1.82, 2.24) is 39.3 Å². The van der Waals surface area contributed by atoms with Crippen LogP contribution in [0.25, 0.3) is 22.1 Å². The third-order valence-corrected chi connectivity index (χ3v) is 10.1. The van der Waals surface area contributed by atoms with Crippen LogP contribution in [0.3, 0.4) is 0 Å². The number of carbonyl (C=O) groups is 1. The Morgan fingerprint density at radius 2 is 1.23 bits per heavy atom. The number of pyridine rings is 2. The highest BCUT2D eigenvalue weighted by atomic mass is 19.3. The number of ether oxygens (including phenoxy) is 2. The number of aryl methyl sites for hydroxylation is 2. The fourth-order valence-electron chi connectivity index (χ4n) is 6.81. The van der Waals surface area contributed by atoms with E-state index in [9.17, 15) is 22.4 Å². The molecule has 0 saturated carbocycles. The lowest BCUT2D eigenvalue weighted by atomic mass is 9.91. The standard InChI is InChI=1S/C20H22F2N6O2.C18H19F2N5O/c1-26-11-25-14-7-24-19(6-16(14)26)27(2)15-4-3-12(5-17(15)30-20(21)22)13-8-28(9-13)10-18(23)29;1-24-10-23-13-9-22-17(6-15(13)24)25(2)14-4-3-11(12-7-21-8-12)5-16(14)26-18(19)20/h3-7,11,13,20H,8-10H2,1-2H3,(H2,23,29);3-6,9-10,12,18,21H,7-8H2,1-2H3. The lowest BCUT2D eigenvalue weighted by Crippen LogP contribution is -2.48. The van der Waals surface area contributed by atoms with E-state index < -0.39 is 13.2 Å². The topological polar surface area (TPSA) is 145 Å². The minimum absolute atomic E-state index is 0.0743. The number of benzene rings is 2. The van der Waals surface area contributed by atoms with Crippen molar-refractivity contribution in [1.29, 1.82) is 0 Å². The van der Waals surface area contributed by atoms with Crippen LogP contribution >= 0.6 is 0 Å². The number of likely N-dealkylation sites (tertiary alicyclic amines) is 1. The van der Waals surface area contributed by atoms with Crippen molar-refractivity contribution < 1.29 is 31.8 Å². The molecule has 0 bridgehead atoms. The van der Waals surface area contributed by atoms with E-state index in [1.165, 1.54) is 0 Å². The van der Waals surface area contributed by atoms with Gasteiger partial charge in [0.1, 0.15) is 34.2 Å². The second-order valence-corrected chi connectivity index (χ2v) is 13.8. The summed E-state index contributed by atoms with van der Waals surface area (Å²) in [6.45, 7) is -2.66. The number of primary amides is 1. The summed E-state index contributed by atoms with van der Waals surface area (Å²) in [4.78, 5) is 33.7. The number of nitrogens with two attached hydrogens (primary N) is 1. The van der Waals surface area contributed by atoms with E-state index in [0.717, 1.165) is 46.3 Å². The summed E-state index contributed by atoms with van der Waals surface area (Å²) in [5, 5.41) is 3.19. The quantitative estimate of drug-likeness (QED) is 0.158. The Labute approximate surface area is 319 Å². The molecule has 56 heavy (non-hydrogen) atoms. The van der Waals surface area contributed by atoms with Crippen LogP contribution in [0.4, 0.5) is 40.6 Å². The van der Waals surface area contributed by atoms with Crippen LogP contribution in [0.1, 0.15) is 23.0 Å². The van der Waals surface area contributed by atoms with E-state index in [4.69, 9.17) is 15.2 Å². The number of nitrogens with zero attached hydrogens (tertiary/aromatic N) is 9. The molecule has 2 aliphatic rings. The molecule has 294 valence electrons. The van der Waals surface area contributed by atoms with E-state index >= 15 is 0 Å². The Morgan fingerprint density at radius 3 is 1.64 bits per heavy atom. The molecule has 4 aromatic heterocycles. The van der Waals surface area contributed by atoms with Crippen LogP contribution in [0, 0.1) is 0 Å². The Balaban J connectivity index is 0.000000173. The lowest BCUT2D eigenvalue weighted by Gasteiger charge is -2.39. The van der Waals surface area contributed by atoms with Crippen molar-refractivity contribution in [2.24, 2.45) is 19.8 Å². The van der Waals surface area contributed by atoms with E-state index in [1.807, 2.05) is 52.4 Å². The molecule has 2 aromatic carbocycles. The predicted octanol–water partition coefficient (Wildman–Crippen LogP) is 5.25. The molecule has 2 saturated heterocycles. The number of hydrogen-bond acceptors (Lipinski definition) is 11. The summed E-state index contributed by atoms with van der Waals surface area (Å²) in [5.41, 5.74) is 11.4. The molecule has 6 aromatic rings. The molecule has 0 spiro atoms. The van der Waals surface area contributed by atoms with Gasteiger partial charge in [0.15, 0.2) is 0 Å². The zero-order valence-electron chi connectivity index (χ0n) is 31.1. The van der Waals surface area contributed by atoms with Gasteiger partial charge >= 0.3 is 13.2 Å². The molecule has 14 nitrogen and oxygen atoms in total. The van der Waals surface area contributed by atoms with Gasteiger partial charge in [-0.3, -0.25) is 9.69 Å². The molecule has 3 N–H and O–H groups in total. The summed E-state index contributed by atoms with van der Waals surface area (Å²) in [7, 11) is 7.30. The normalized spacial score (nSPS) is 14.8. The van der Waals surface area contributed by atoms with Gasteiger partial charge in [-0.2, -0.15) is 17.6 Å². The van der Waals surface area contributed by atoms with Crippen molar-refractivity contribution in [3.8, 4) is 11.5 Å². The number of imidazole rings is 2. The maximum absolute atomic E-state index is 13.1.